The second-order valence-corrected chi connectivity index (χ2v) is 8.72. The largest absolute Gasteiger partial charge is 0.352 e. The maximum Gasteiger partial charge on any atom is 0.251 e. The number of carbonyl (C=O) groups excluding carboxylic acids is 1. The maximum absolute atomic E-state index is 12.2. The molecule has 0 spiro atoms. The fraction of sp³-hybridized carbons (Fsp3) is 0.500. The van der Waals surface area contributed by atoms with Crippen LogP contribution in [0.5, 0.6) is 0 Å². The van der Waals surface area contributed by atoms with Crippen LogP contribution in [0.2, 0.25) is 0 Å². The normalized spacial score (nSPS) is 11.2. The van der Waals surface area contributed by atoms with Crippen molar-refractivity contribution in [1.82, 2.24) is 14.9 Å². The first-order valence-corrected chi connectivity index (χ1v) is 12.6. The predicted molar refractivity (Wildman–Crippen MR) is 134 cm³/mol. The second kappa shape index (κ2) is 13.7. The first-order chi connectivity index (χ1) is 15.8. The van der Waals surface area contributed by atoms with Crippen molar-refractivity contribution < 1.29 is 4.79 Å². The molecule has 0 fully saturated rings. The number of imidazole rings is 1. The summed E-state index contributed by atoms with van der Waals surface area (Å²) in [5.41, 5.74) is 3.02. The molecule has 172 valence electrons. The van der Waals surface area contributed by atoms with Gasteiger partial charge in [-0.15, -0.1) is 0 Å². The summed E-state index contributed by atoms with van der Waals surface area (Å²) in [7, 11) is 0. The van der Waals surface area contributed by atoms with Gasteiger partial charge in [-0.1, -0.05) is 88.6 Å². The lowest BCUT2D eigenvalue weighted by molar-refractivity contribution is 0.0953. The Hall–Kier alpha value is -2.62. The molecule has 0 saturated heterocycles. The topological polar surface area (TPSA) is 46.9 Å². The smallest absolute Gasteiger partial charge is 0.251 e. The van der Waals surface area contributed by atoms with Crippen LogP contribution in [-0.2, 0) is 13.0 Å². The van der Waals surface area contributed by atoms with Gasteiger partial charge in [0.2, 0.25) is 0 Å². The molecule has 0 aliphatic heterocycles. The molecule has 0 radical (unpaired) electrons. The van der Waals surface area contributed by atoms with Gasteiger partial charge < -0.3 is 9.88 Å². The van der Waals surface area contributed by atoms with Crippen LogP contribution in [-0.4, -0.2) is 22.0 Å². The summed E-state index contributed by atoms with van der Waals surface area (Å²) < 4.78 is 2.40. The molecular formula is C28H39N3O. The van der Waals surface area contributed by atoms with Crippen LogP contribution in [0.3, 0.4) is 0 Å². The van der Waals surface area contributed by atoms with E-state index in [0.29, 0.717) is 12.1 Å². The Morgan fingerprint density at radius 2 is 1.47 bits per heavy atom. The van der Waals surface area contributed by atoms with Crippen LogP contribution in [0, 0.1) is 0 Å². The van der Waals surface area contributed by atoms with Gasteiger partial charge in [-0.3, -0.25) is 4.79 Å². The molecule has 4 heteroatoms. The van der Waals surface area contributed by atoms with E-state index >= 15 is 0 Å². The minimum absolute atomic E-state index is 0.00574. The molecule has 0 aliphatic rings. The fourth-order valence-electron chi connectivity index (χ4n) is 4.29. The van der Waals surface area contributed by atoms with Crippen LogP contribution in [0.4, 0.5) is 0 Å². The third-order valence-electron chi connectivity index (χ3n) is 6.12. The molecule has 1 heterocycles. The van der Waals surface area contributed by atoms with Crippen molar-refractivity contribution in [3.05, 3.63) is 66.0 Å². The number of nitrogens with one attached hydrogen (secondary N) is 1. The van der Waals surface area contributed by atoms with Gasteiger partial charge in [0.1, 0.15) is 5.82 Å². The maximum atomic E-state index is 12.2. The Labute approximate surface area is 193 Å². The highest BCUT2D eigenvalue weighted by molar-refractivity contribution is 5.94. The molecule has 1 aromatic heterocycles. The molecule has 32 heavy (non-hydrogen) atoms. The molecule has 2 aromatic carbocycles. The van der Waals surface area contributed by atoms with E-state index in [-0.39, 0.29) is 5.91 Å². The summed E-state index contributed by atoms with van der Waals surface area (Å²) in [5.74, 6) is 1.13. The quantitative estimate of drug-likeness (QED) is 0.264. The summed E-state index contributed by atoms with van der Waals surface area (Å²) in [6.45, 7) is 3.96. The summed E-state index contributed by atoms with van der Waals surface area (Å²) in [5, 5.41) is 3.03. The predicted octanol–water partition coefficient (Wildman–Crippen LogP) is 6.93. The lowest BCUT2D eigenvalue weighted by Gasteiger charge is -2.10. The molecule has 0 saturated carbocycles. The number of carbonyl (C=O) groups is 1. The number of fused-ring (bicyclic) bond motifs is 1. The zero-order valence-corrected chi connectivity index (χ0v) is 19.7. The van der Waals surface area contributed by atoms with Gasteiger partial charge in [0.05, 0.1) is 11.0 Å². The average molecular weight is 434 g/mol. The highest BCUT2D eigenvalue weighted by Gasteiger charge is 2.10. The SMILES string of the molecule is CCCCCCCCCCCn1c(CCCNC(=O)c2ccccc2)nc2ccccc21. The number of hydrogen-bond acceptors (Lipinski definition) is 2. The van der Waals surface area contributed by atoms with E-state index < -0.39 is 0 Å². The fourth-order valence-corrected chi connectivity index (χ4v) is 4.29. The Morgan fingerprint density at radius 3 is 2.22 bits per heavy atom. The van der Waals surface area contributed by atoms with Gasteiger partial charge in [0.15, 0.2) is 0 Å². The molecule has 1 amide bonds. The summed E-state index contributed by atoms with van der Waals surface area (Å²) in [4.78, 5) is 17.1. The van der Waals surface area contributed by atoms with Crippen molar-refractivity contribution in [2.24, 2.45) is 0 Å². The standard InChI is InChI=1S/C28H39N3O/c1-2-3-4-5-6-7-8-9-15-23-31-26-20-14-13-19-25(26)30-27(31)21-16-22-29-28(32)24-17-11-10-12-18-24/h10-14,17-20H,2-9,15-16,21-23H2,1H3,(H,29,32). The van der Waals surface area contributed by atoms with Gasteiger partial charge in [0.25, 0.3) is 5.91 Å². The van der Waals surface area contributed by atoms with E-state index in [1.807, 2.05) is 30.3 Å². The molecule has 0 unspecified atom stereocenters. The lowest BCUT2D eigenvalue weighted by atomic mass is 10.1. The van der Waals surface area contributed by atoms with Crippen LogP contribution >= 0.6 is 0 Å². The van der Waals surface area contributed by atoms with Crippen molar-refractivity contribution >= 4 is 16.9 Å². The van der Waals surface area contributed by atoms with Gasteiger partial charge in [-0.05, 0) is 37.1 Å². The number of aryl methyl sites for hydroxylation is 2. The van der Waals surface area contributed by atoms with Crippen molar-refractivity contribution in [3.8, 4) is 0 Å². The molecule has 4 nitrogen and oxygen atoms in total. The molecule has 3 rings (SSSR count). The van der Waals surface area contributed by atoms with Crippen LogP contribution in [0.25, 0.3) is 11.0 Å². The van der Waals surface area contributed by atoms with E-state index in [2.05, 4.69) is 41.1 Å². The Kier molecular flexibility index (Phi) is 10.3. The first kappa shape index (κ1) is 24.0. The van der Waals surface area contributed by atoms with E-state index in [1.54, 1.807) is 0 Å². The molecule has 0 bridgehead atoms. The summed E-state index contributed by atoms with van der Waals surface area (Å²) in [6.07, 6.45) is 13.8. The van der Waals surface area contributed by atoms with Crippen molar-refractivity contribution in [1.29, 1.82) is 0 Å². The molecule has 1 N–H and O–H groups in total. The van der Waals surface area contributed by atoms with Gasteiger partial charge >= 0.3 is 0 Å². The van der Waals surface area contributed by atoms with Crippen molar-refractivity contribution in [3.63, 3.8) is 0 Å². The monoisotopic (exact) mass is 433 g/mol. The third-order valence-corrected chi connectivity index (χ3v) is 6.12. The summed E-state index contributed by atoms with van der Waals surface area (Å²) in [6, 6.07) is 17.8. The number of nitrogens with zero attached hydrogens (tertiary/aromatic N) is 2. The first-order valence-electron chi connectivity index (χ1n) is 12.6. The van der Waals surface area contributed by atoms with E-state index in [1.165, 1.54) is 63.3 Å². The zero-order chi connectivity index (χ0) is 22.4. The number of hydrogen-bond donors (Lipinski definition) is 1. The number of benzene rings is 2. The molecule has 3 aromatic rings. The Morgan fingerprint density at radius 1 is 0.812 bits per heavy atom. The number of rotatable bonds is 15. The summed E-state index contributed by atoms with van der Waals surface area (Å²) >= 11 is 0. The zero-order valence-electron chi connectivity index (χ0n) is 19.7. The van der Waals surface area contributed by atoms with Gasteiger partial charge in [0, 0.05) is 25.1 Å². The van der Waals surface area contributed by atoms with E-state index in [4.69, 9.17) is 4.98 Å². The number of amides is 1. The van der Waals surface area contributed by atoms with Crippen LogP contribution in [0.1, 0.15) is 87.3 Å². The number of para-hydroxylation sites is 2. The third kappa shape index (κ3) is 7.51. The Bertz CT molecular complexity index is 932. The molecule has 0 atom stereocenters. The molecular weight excluding hydrogens is 394 g/mol. The number of unbranched alkanes of at least 4 members (excludes halogenated alkanes) is 8. The van der Waals surface area contributed by atoms with Gasteiger partial charge in [-0.2, -0.15) is 0 Å². The van der Waals surface area contributed by atoms with Crippen LogP contribution in [0.15, 0.2) is 54.6 Å². The molecule has 0 aliphatic carbocycles. The highest BCUT2D eigenvalue weighted by Crippen LogP contribution is 2.19. The highest BCUT2D eigenvalue weighted by atomic mass is 16.1. The average Bonchev–Trinajstić information content (AvgIpc) is 3.18. The van der Waals surface area contributed by atoms with Crippen LogP contribution < -0.4 is 5.32 Å². The minimum atomic E-state index is -0.00574. The number of aromatic nitrogens is 2. The minimum Gasteiger partial charge on any atom is -0.352 e. The second-order valence-electron chi connectivity index (χ2n) is 8.72. The van der Waals surface area contributed by atoms with Crippen molar-refractivity contribution in [2.75, 3.05) is 6.54 Å². The van der Waals surface area contributed by atoms with Crippen molar-refractivity contribution in [2.45, 2.75) is 84.1 Å². The van der Waals surface area contributed by atoms with Gasteiger partial charge in [-0.25, -0.2) is 4.98 Å². The lowest BCUT2D eigenvalue weighted by Crippen LogP contribution is -2.24. The van der Waals surface area contributed by atoms with E-state index in [0.717, 1.165) is 30.7 Å². The Balaban J connectivity index is 1.44. The van der Waals surface area contributed by atoms with E-state index in [9.17, 15) is 4.79 Å².